The van der Waals surface area contributed by atoms with Crippen LogP contribution in [-0.4, -0.2) is 44.1 Å². The first-order chi connectivity index (χ1) is 13.2. The minimum atomic E-state index is -3.25. The van der Waals surface area contributed by atoms with Gasteiger partial charge in [-0.25, -0.2) is 8.42 Å². The molecular weight excluding hydrogens is 372 g/mol. The standard InChI is InChI=1S/C22H24N2O3S/c1-16-18(15-22(25)23(2)3)14-21(24(16)19-8-6-5-7-9-19)17-10-12-20(13-11-17)28(4,26)27/h5-14H,15H2,1-4H3. The molecule has 5 nitrogen and oxygen atoms in total. The molecule has 0 saturated carbocycles. The molecule has 28 heavy (non-hydrogen) atoms. The summed E-state index contributed by atoms with van der Waals surface area (Å²) in [6.07, 6.45) is 1.51. The van der Waals surface area contributed by atoms with E-state index < -0.39 is 9.84 Å². The Morgan fingerprint density at radius 1 is 1.00 bits per heavy atom. The molecule has 1 aromatic heterocycles. The summed E-state index contributed by atoms with van der Waals surface area (Å²) in [5.41, 5.74) is 4.74. The second-order valence-corrected chi connectivity index (χ2v) is 9.09. The van der Waals surface area contributed by atoms with Crippen LogP contribution in [0.2, 0.25) is 0 Å². The van der Waals surface area contributed by atoms with Gasteiger partial charge in [-0.2, -0.15) is 0 Å². The Morgan fingerprint density at radius 3 is 2.14 bits per heavy atom. The van der Waals surface area contributed by atoms with Gasteiger partial charge in [0, 0.05) is 31.7 Å². The highest BCUT2D eigenvalue weighted by Crippen LogP contribution is 2.30. The maximum Gasteiger partial charge on any atom is 0.226 e. The summed E-state index contributed by atoms with van der Waals surface area (Å²) < 4.78 is 25.6. The first-order valence-corrected chi connectivity index (χ1v) is 10.8. The van der Waals surface area contributed by atoms with Gasteiger partial charge >= 0.3 is 0 Å². The zero-order valence-corrected chi connectivity index (χ0v) is 17.3. The van der Waals surface area contributed by atoms with Crippen molar-refractivity contribution in [2.24, 2.45) is 0 Å². The van der Waals surface area contributed by atoms with Crippen molar-refractivity contribution < 1.29 is 13.2 Å². The number of hydrogen-bond acceptors (Lipinski definition) is 3. The number of rotatable bonds is 5. The molecule has 3 rings (SSSR count). The molecule has 0 N–H and O–H groups in total. The highest BCUT2D eigenvalue weighted by atomic mass is 32.2. The Balaban J connectivity index is 2.15. The molecule has 0 radical (unpaired) electrons. The number of sulfone groups is 1. The van der Waals surface area contributed by atoms with Crippen molar-refractivity contribution in [2.45, 2.75) is 18.2 Å². The molecule has 2 aromatic carbocycles. The number of nitrogens with zero attached hydrogens (tertiary/aromatic N) is 2. The molecular formula is C22H24N2O3S. The van der Waals surface area contributed by atoms with Crippen LogP contribution >= 0.6 is 0 Å². The normalized spacial score (nSPS) is 11.4. The lowest BCUT2D eigenvalue weighted by Crippen LogP contribution is -2.23. The first-order valence-electron chi connectivity index (χ1n) is 8.96. The van der Waals surface area contributed by atoms with Gasteiger partial charge in [0.15, 0.2) is 9.84 Å². The fourth-order valence-electron chi connectivity index (χ4n) is 3.15. The predicted molar refractivity (Wildman–Crippen MR) is 111 cm³/mol. The third-order valence-electron chi connectivity index (χ3n) is 4.79. The Kier molecular flexibility index (Phi) is 5.42. The fraction of sp³-hybridized carbons (Fsp3) is 0.227. The Hall–Kier alpha value is -2.86. The topological polar surface area (TPSA) is 59.4 Å². The molecule has 6 heteroatoms. The van der Waals surface area contributed by atoms with Crippen LogP contribution in [0, 0.1) is 6.92 Å². The van der Waals surface area contributed by atoms with E-state index in [0.29, 0.717) is 6.42 Å². The number of likely N-dealkylation sites (N-methyl/N-ethyl adjacent to an activating group) is 1. The molecule has 0 atom stereocenters. The predicted octanol–water partition coefficient (Wildman–Crippen LogP) is 3.49. The number of hydrogen-bond donors (Lipinski definition) is 0. The van der Waals surface area contributed by atoms with Crippen LogP contribution in [0.1, 0.15) is 11.3 Å². The third-order valence-corrected chi connectivity index (χ3v) is 5.91. The Bertz CT molecular complexity index is 1100. The van der Waals surface area contributed by atoms with Crippen LogP contribution in [-0.2, 0) is 21.1 Å². The van der Waals surface area contributed by atoms with Crippen LogP contribution in [0.5, 0.6) is 0 Å². The summed E-state index contributed by atoms with van der Waals surface area (Å²) >= 11 is 0. The van der Waals surface area contributed by atoms with Gasteiger partial charge in [0.05, 0.1) is 17.0 Å². The molecule has 0 unspecified atom stereocenters. The molecule has 0 aliphatic rings. The monoisotopic (exact) mass is 396 g/mol. The van der Waals surface area contributed by atoms with Crippen molar-refractivity contribution in [1.29, 1.82) is 0 Å². The molecule has 1 heterocycles. The second-order valence-electron chi connectivity index (χ2n) is 7.07. The fourth-order valence-corrected chi connectivity index (χ4v) is 3.78. The summed E-state index contributed by atoms with van der Waals surface area (Å²) in [5.74, 6) is 0.0345. The van der Waals surface area contributed by atoms with E-state index in [0.717, 1.165) is 28.2 Å². The highest BCUT2D eigenvalue weighted by molar-refractivity contribution is 7.90. The number of carbonyl (C=O) groups excluding carboxylic acids is 1. The van der Waals surface area contributed by atoms with E-state index >= 15 is 0 Å². The van der Waals surface area contributed by atoms with Gasteiger partial charge in [-0.05, 0) is 48.4 Å². The maximum absolute atomic E-state index is 12.3. The molecule has 0 aliphatic heterocycles. The van der Waals surface area contributed by atoms with Crippen molar-refractivity contribution in [3.8, 4) is 16.9 Å². The quantitative estimate of drug-likeness (QED) is 0.663. The third kappa shape index (κ3) is 4.02. The van der Waals surface area contributed by atoms with Gasteiger partial charge in [-0.15, -0.1) is 0 Å². The van der Waals surface area contributed by atoms with Crippen molar-refractivity contribution in [1.82, 2.24) is 9.47 Å². The summed E-state index contributed by atoms with van der Waals surface area (Å²) in [4.78, 5) is 14.1. The van der Waals surface area contributed by atoms with E-state index in [1.54, 1.807) is 31.1 Å². The lowest BCUT2D eigenvalue weighted by atomic mass is 10.1. The molecule has 0 fully saturated rings. The van der Waals surface area contributed by atoms with E-state index in [4.69, 9.17) is 0 Å². The molecule has 0 bridgehead atoms. The Morgan fingerprint density at radius 2 is 1.61 bits per heavy atom. The zero-order valence-electron chi connectivity index (χ0n) is 16.5. The van der Waals surface area contributed by atoms with Crippen molar-refractivity contribution in [2.75, 3.05) is 20.4 Å². The Labute approximate surface area is 166 Å². The maximum atomic E-state index is 12.3. The molecule has 1 amide bonds. The summed E-state index contributed by atoms with van der Waals surface area (Å²) in [5, 5.41) is 0. The van der Waals surface area contributed by atoms with Gasteiger partial charge in [0.1, 0.15) is 0 Å². The SMILES string of the molecule is Cc1c(CC(=O)N(C)C)cc(-c2ccc(S(C)(=O)=O)cc2)n1-c1ccccc1. The van der Waals surface area contributed by atoms with Gasteiger partial charge in [0.25, 0.3) is 0 Å². The van der Waals surface area contributed by atoms with Crippen LogP contribution in [0.25, 0.3) is 16.9 Å². The summed E-state index contributed by atoms with van der Waals surface area (Å²) in [7, 11) is 0.244. The number of carbonyl (C=O) groups is 1. The molecule has 0 saturated heterocycles. The largest absolute Gasteiger partial charge is 0.349 e. The molecule has 3 aromatic rings. The molecule has 0 spiro atoms. The van der Waals surface area contributed by atoms with E-state index in [1.807, 2.05) is 55.5 Å². The molecule has 146 valence electrons. The molecule has 0 aliphatic carbocycles. The second kappa shape index (κ2) is 7.64. The average Bonchev–Trinajstić information content (AvgIpc) is 2.98. The van der Waals surface area contributed by atoms with Crippen molar-refractivity contribution >= 4 is 15.7 Å². The van der Waals surface area contributed by atoms with Crippen LogP contribution in [0.15, 0.2) is 65.6 Å². The van der Waals surface area contributed by atoms with Crippen LogP contribution < -0.4 is 0 Å². The minimum absolute atomic E-state index is 0.0345. The van der Waals surface area contributed by atoms with E-state index in [-0.39, 0.29) is 10.8 Å². The van der Waals surface area contributed by atoms with Gasteiger partial charge < -0.3 is 9.47 Å². The van der Waals surface area contributed by atoms with Crippen molar-refractivity contribution in [3.63, 3.8) is 0 Å². The van der Waals surface area contributed by atoms with Gasteiger partial charge in [-0.3, -0.25) is 4.79 Å². The lowest BCUT2D eigenvalue weighted by molar-refractivity contribution is -0.127. The minimum Gasteiger partial charge on any atom is -0.349 e. The number of amides is 1. The summed E-state index contributed by atoms with van der Waals surface area (Å²) in [6, 6.07) is 18.8. The highest BCUT2D eigenvalue weighted by Gasteiger charge is 2.18. The smallest absolute Gasteiger partial charge is 0.226 e. The average molecular weight is 397 g/mol. The summed E-state index contributed by atoms with van der Waals surface area (Å²) in [6.45, 7) is 2.00. The number of aromatic nitrogens is 1. The lowest BCUT2D eigenvalue weighted by Gasteiger charge is -2.13. The number of benzene rings is 2. The van der Waals surface area contributed by atoms with Crippen molar-refractivity contribution in [3.05, 3.63) is 71.9 Å². The van der Waals surface area contributed by atoms with E-state index in [2.05, 4.69) is 4.57 Å². The van der Waals surface area contributed by atoms with E-state index in [9.17, 15) is 13.2 Å². The van der Waals surface area contributed by atoms with Crippen LogP contribution in [0.4, 0.5) is 0 Å². The van der Waals surface area contributed by atoms with Crippen LogP contribution in [0.3, 0.4) is 0 Å². The first kappa shape index (κ1) is 19.9. The van der Waals surface area contributed by atoms with Gasteiger partial charge in [-0.1, -0.05) is 30.3 Å². The van der Waals surface area contributed by atoms with Gasteiger partial charge in [0.2, 0.25) is 5.91 Å². The van der Waals surface area contributed by atoms with E-state index in [1.165, 1.54) is 6.26 Å². The number of para-hydroxylation sites is 1. The zero-order chi connectivity index (χ0) is 20.5.